The average molecular weight is 380 g/mol. The molecule has 138 valence electrons. The quantitative estimate of drug-likeness (QED) is 0.520. The van der Waals surface area contributed by atoms with Crippen LogP contribution in [0.5, 0.6) is 0 Å². The van der Waals surface area contributed by atoms with Gasteiger partial charge in [-0.15, -0.1) is 10.2 Å². The van der Waals surface area contributed by atoms with Crippen LogP contribution in [0.3, 0.4) is 0 Å². The number of amides is 1. The zero-order valence-electron chi connectivity index (χ0n) is 15.4. The number of furan rings is 1. The molecule has 0 unspecified atom stereocenters. The van der Waals surface area contributed by atoms with Crippen LogP contribution in [0, 0.1) is 13.8 Å². The maximum absolute atomic E-state index is 12.4. The van der Waals surface area contributed by atoms with Crippen LogP contribution in [-0.2, 0) is 11.2 Å². The number of fused-ring (bicyclic) bond motifs is 3. The summed E-state index contributed by atoms with van der Waals surface area (Å²) in [5.41, 5.74) is 5.68. The molecular formula is C20H20N4O2S. The third kappa shape index (κ3) is 3.30. The summed E-state index contributed by atoms with van der Waals surface area (Å²) in [6, 6.07) is 9.89. The van der Waals surface area contributed by atoms with Gasteiger partial charge in [0.25, 0.3) is 0 Å². The van der Waals surface area contributed by atoms with E-state index in [1.807, 2.05) is 51.1 Å². The van der Waals surface area contributed by atoms with Gasteiger partial charge in [0.2, 0.25) is 5.91 Å². The van der Waals surface area contributed by atoms with Crippen LogP contribution in [-0.4, -0.2) is 26.3 Å². The Morgan fingerprint density at radius 3 is 2.85 bits per heavy atom. The van der Waals surface area contributed by atoms with Crippen molar-refractivity contribution in [3.63, 3.8) is 0 Å². The van der Waals surface area contributed by atoms with E-state index in [1.54, 1.807) is 6.26 Å². The Morgan fingerprint density at radius 2 is 2.04 bits per heavy atom. The highest BCUT2D eigenvalue weighted by Gasteiger charge is 2.16. The monoisotopic (exact) mass is 380 g/mol. The van der Waals surface area contributed by atoms with E-state index < -0.39 is 0 Å². The summed E-state index contributed by atoms with van der Waals surface area (Å²) in [4.78, 5) is 12.4. The second kappa shape index (κ2) is 7.08. The first-order valence-corrected chi connectivity index (χ1v) is 9.79. The molecule has 1 amide bonds. The van der Waals surface area contributed by atoms with Crippen molar-refractivity contribution in [1.29, 1.82) is 0 Å². The normalized spacial score (nSPS) is 11.4. The zero-order chi connectivity index (χ0) is 19.0. The van der Waals surface area contributed by atoms with E-state index in [-0.39, 0.29) is 11.7 Å². The second-order valence-corrected chi connectivity index (χ2v) is 7.43. The lowest BCUT2D eigenvalue weighted by Gasteiger charge is -2.10. The molecule has 0 aliphatic carbocycles. The molecule has 4 aromatic rings. The summed E-state index contributed by atoms with van der Waals surface area (Å²) in [7, 11) is 0. The van der Waals surface area contributed by atoms with Gasteiger partial charge in [-0.3, -0.25) is 9.20 Å². The van der Waals surface area contributed by atoms with E-state index in [0.717, 1.165) is 50.7 Å². The molecule has 0 bridgehead atoms. The number of rotatable bonds is 5. The number of carbonyl (C=O) groups is 1. The van der Waals surface area contributed by atoms with Crippen molar-refractivity contribution in [2.45, 2.75) is 32.2 Å². The minimum Gasteiger partial charge on any atom is -0.463 e. The molecular weight excluding hydrogens is 360 g/mol. The minimum absolute atomic E-state index is 0.0662. The van der Waals surface area contributed by atoms with Crippen LogP contribution >= 0.6 is 11.8 Å². The van der Waals surface area contributed by atoms with Crippen molar-refractivity contribution >= 4 is 40.0 Å². The van der Waals surface area contributed by atoms with Crippen molar-refractivity contribution in [2.24, 2.45) is 0 Å². The number of anilines is 1. The summed E-state index contributed by atoms with van der Waals surface area (Å²) in [6.07, 6.45) is 2.43. The number of aromatic nitrogens is 3. The van der Waals surface area contributed by atoms with E-state index in [2.05, 4.69) is 19.9 Å². The molecule has 1 aromatic carbocycles. The highest BCUT2D eigenvalue weighted by atomic mass is 32.2. The summed E-state index contributed by atoms with van der Waals surface area (Å²) in [6.45, 7) is 6.03. The maximum Gasteiger partial charge on any atom is 0.234 e. The fraction of sp³-hybridized carbons (Fsp3) is 0.250. The molecule has 0 atom stereocenters. The molecule has 6 nitrogen and oxygen atoms in total. The average Bonchev–Trinajstić information content (AvgIpc) is 3.24. The molecule has 0 spiro atoms. The van der Waals surface area contributed by atoms with Gasteiger partial charge >= 0.3 is 0 Å². The van der Waals surface area contributed by atoms with Gasteiger partial charge in [0.05, 0.1) is 23.0 Å². The number of hydrogen-bond donors (Lipinski definition) is 1. The van der Waals surface area contributed by atoms with E-state index in [9.17, 15) is 4.79 Å². The first kappa shape index (κ1) is 17.6. The van der Waals surface area contributed by atoms with Crippen molar-refractivity contribution in [3.05, 3.63) is 53.5 Å². The van der Waals surface area contributed by atoms with Crippen LogP contribution in [0.2, 0.25) is 0 Å². The van der Waals surface area contributed by atoms with Crippen LogP contribution < -0.4 is 5.32 Å². The molecule has 0 saturated heterocycles. The van der Waals surface area contributed by atoms with Gasteiger partial charge < -0.3 is 9.73 Å². The number of aryl methyl sites for hydroxylation is 3. The predicted octanol–water partition coefficient (Wildman–Crippen LogP) is 4.39. The van der Waals surface area contributed by atoms with E-state index in [4.69, 9.17) is 4.42 Å². The largest absolute Gasteiger partial charge is 0.463 e. The Bertz CT molecular complexity index is 1150. The van der Waals surface area contributed by atoms with Gasteiger partial charge in [-0.05, 0) is 31.0 Å². The van der Waals surface area contributed by atoms with Crippen LogP contribution in [0.1, 0.15) is 23.9 Å². The molecule has 0 aliphatic rings. The summed E-state index contributed by atoms with van der Waals surface area (Å²) in [5.74, 6) is 1.06. The number of nitrogens with zero attached hydrogens (tertiary/aromatic N) is 3. The lowest BCUT2D eigenvalue weighted by Crippen LogP contribution is -2.15. The molecule has 3 heterocycles. The minimum atomic E-state index is -0.0662. The lowest BCUT2D eigenvalue weighted by molar-refractivity contribution is -0.113. The van der Waals surface area contributed by atoms with Crippen molar-refractivity contribution in [2.75, 3.05) is 11.1 Å². The fourth-order valence-corrected chi connectivity index (χ4v) is 3.82. The molecule has 3 aromatic heterocycles. The van der Waals surface area contributed by atoms with E-state index >= 15 is 0 Å². The summed E-state index contributed by atoms with van der Waals surface area (Å²) >= 11 is 1.38. The Labute approximate surface area is 161 Å². The van der Waals surface area contributed by atoms with Crippen LogP contribution in [0.15, 0.2) is 46.0 Å². The number of nitrogens with one attached hydrogen (secondary N) is 1. The van der Waals surface area contributed by atoms with Crippen molar-refractivity contribution in [3.8, 4) is 0 Å². The van der Waals surface area contributed by atoms with Gasteiger partial charge in [-0.1, -0.05) is 30.8 Å². The molecule has 4 rings (SSSR count). The molecule has 0 radical (unpaired) electrons. The molecule has 1 N–H and O–H groups in total. The zero-order valence-corrected chi connectivity index (χ0v) is 16.3. The fourth-order valence-electron chi connectivity index (χ4n) is 3.08. The SMILES string of the molecule is CCc1nnc(SCC(=O)Nc2cc(C)ccc2C)c2cc3occc3n12. The van der Waals surface area contributed by atoms with E-state index in [1.165, 1.54) is 11.8 Å². The highest BCUT2D eigenvalue weighted by Crippen LogP contribution is 2.29. The lowest BCUT2D eigenvalue weighted by atomic mass is 10.1. The Kier molecular flexibility index (Phi) is 4.61. The Morgan fingerprint density at radius 1 is 1.19 bits per heavy atom. The molecule has 0 aliphatic heterocycles. The molecule has 27 heavy (non-hydrogen) atoms. The van der Waals surface area contributed by atoms with Gasteiger partial charge in [0.1, 0.15) is 10.9 Å². The maximum atomic E-state index is 12.4. The Balaban J connectivity index is 1.57. The number of hydrogen-bond acceptors (Lipinski definition) is 5. The van der Waals surface area contributed by atoms with Crippen LogP contribution in [0.4, 0.5) is 5.69 Å². The Hall–Kier alpha value is -2.80. The summed E-state index contributed by atoms with van der Waals surface area (Å²) < 4.78 is 7.57. The first-order valence-electron chi connectivity index (χ1n) is 8.81. The molecule has 0 fully saturated rings. The third-order valence-electron chi connectivity index (χ3n) is 4.48. The number of thioether (sulfide) groups is 1. The third-order valence-corrected chi connectivity index (χ3v) is 5.45. The standard InChI is InChI=1S/C20H20N4O2S/c1-4-18-22-23-20(16-10-17-15(24(16)18)7-8-26-17)27-11-19(25)21-14-9-12(2)5-6-13(14)3/h5-10H,4,11H2,1-3H3,(H,21,25). The van der Waals surface area contributed by atoms with Gasteiger partial charge in [0.15, 0.2) is 5.58 Å². The van der Waals surface area contributed by atoms with Gasteiger partial charge in [-0.25, -0.2) is 0 Å². The van der Waals surface area contributed by atoms with Crippen molar-refractivity contribution < 1.29 is 9.21 Å². The van der Waals surface area contributed by atoms with Crippen LogP contribution in [0.25, 0.3) is 16.6 Å². The van der Waals surface area contributed by atoms with Gasteiger partial charge in [-0.2, -0.15) is 0 Å². The van der Waals surface area contributed by atoms with Crippen molar-refractivity contribution in [1.82, 2.24) is 14.6 Å². The van der Waals surface area contributed by atoms with E-state index in [0.29, 0.717) is 0 Å². The smallest absolute Gasteiger partial charge is 0.234 e. The highest BCUT2D eigenvalue weighted by molar-refractivity contribution is 8.00. The molecule has 7 heteroatoms. The second-order valence-electron chi connectivity index (χ2n) is 6.47. The summed E-state index contributed by atoms with van der Waals surface area (Å²) in [5, 5.41) is 12.4. The predicted molar refractivity (Wildman–Crippen MR) is 107 cm³/mol. The first-order chi connectivity index (χ1) is 13.1. The number of benzene rings is 1. The van der Waals surface area contributed by atoms with Gasteiger partial charge in [0, 0.05) is 24.2 Å². The number of carbonyl (C=O) groups excluding carboxylic acids is 1. The molecule has 0 saturated carbocycles. The topological polar surface area (TPSA) is 72.4 Å².